The molecule has 0 amide bonds. The van der Waals surface area contributed by atoms with Crippen LogP contribution in [0.1, 0.15) is 17.7 Å². The van der Waals surface area contributed by atoms with Gasteiger partial charge in [-0.3, -0.25) is 0 Å². The highest BCUT2D eigenvalue weighted by atomic mass is 19.2. The monoisotopic (exact) mass is 838 g/mol. The summed E-state index contributed by atoms with van der Waals surface area (Å²) in [4.78, 5) is 2.44. The van der Waals surface area contributed by atoms with E-state index in [4.69, 9.17) is 0 Å². The second kappa shape index (κ2) is 16.1. The SMILES string of the molecule is FN(c1ccccc1)c1cc(-c2ccc(N(C3=Cc4c(c5ccccc5n4-c4ccccc4)CC3)c3ccc4c5ccccc5n(-c5ccccc5)c4c3)cc2)ccc1-c1ccccc1. The van der Waals surface area contributed by atoms with Crippen LogP contribution in [0.15, 0.2) is 236 Å². The summed E-state index contributed by atoms with van der Waals surface area (Å²) in [5.74, 6) is 0. The highest BCUT2D eigenvalue weighted by Crippen LogP contribution is 2.44. The van der Waals surface area contributed by atoms with E-state index in [0.717, 1.165) is 68.5 Å². The molecule has 2 aromatic heterocycles. The highest BCUT2D eigenvalue weighted by molar-refractivity contribution is 6.10. The molecule has 9 aromatic carbocycles. The zero-order valence-corrected chi connectivity index (χ0v) is 35.6. The van der Waals surface area contributed by atoms with Crippen LogP contribution in [0, 0.1) is 0 Å². The average Bonchev–Trinajstić information content (AvgIpc) is 3.89. The normalized spacial score (nSPS) is 12.4. The number of halogens is 1. The Balaban J connectivity index is 1.03. The van der Waals surface area contributed by atoms with Gasteiger partial charge in [0.05, 0.1) is 33.6 Å². The van der Waals surface area contributed by atoms with E-state index in [0.29, 0.717) is 11.4 Å². The molecule has 0 fully saturated rings. The van der Waals surface area contributed by atoms with E-state index in [1.807, 2.05) is 60.7 Å². The van der Waals surface area contributed by atoms with Crippen molar-refractivity contribution in [3.63, 3.8) is 0 Å². The van der Waals surface area contributed by atoms with E-state index in [1.54, 1.807) is 12.1 Å². The Bertz CT molecular complexity index is 3540. The summed E-state index contributed by atoms with van der Waals surface area (Å²) in [6.45, 7) is 0. The lowest BCUT2D eigenvalue weighted by molar-refractivity contribution is 0.506. The second-order valence-corrected chi connectivity index (χ2v) is 16.7. The molecule has 1 aliphatic rings. The minimum absolute atomic E-state index is 0.478. The summed E-state index contributed by atoms with van der Waals surface area (Å²) in [5.41, 5.74) is 16.4. The molecule has 2 heterocycles. The summed E-state index contributed by atoms with van der Waals surface area (Å²) in [6, 6.07) is 79.8. The van der Waals surface area contributed by atoms with Crippen molar-refractivity contribution in [2.45, 2.75) is 12.8 Å². The van der Waals surface area contributed by atoms with E-state index in [9.17, 15) is 0 Å². The third-order valence-corrected chi connectivity index (χ3v) is 12.9. The number of hydrogen-bond acceptors (Lipinski definition) is 2. The number of fused-ring (bicyclic) bond motifs is 6. The maximum Gasteiger partial charge on any atom is 0.0831 e. The van der Waals surface area contributed by atoms with E-state index >= 15 is 4.48 Å². The minimum atomic E-state index is 0.478. The zero-order valence-electron chi connectivity index (χ0n) is 35.6. The van der Waals surface area contributed by atoms with Crippen molar-refractivity contribution in [3.8, 4) is 33.6 Å². The molecule has 310 valence electrons. The Morgan fingerprint density at radius 3 is 1.65 bits per heavy atom. The second-order valence-electron chi connectivity index (χ2n) is 16.7. The van der Waals surface area contributed by atoms with Gasteiger partial charge in [-0.2, -0.15) is 5.12 Å². The van der Waals surface area contributed by atoms with Crippen molar-refractivity contribution in [1.29, 1.82) is 0 Å². The fourth-order valence-corrected chi connectivity index (χ4v) is 9.93. The first-order chi connectivity index (χ1) is 32.2. The van der Waals surface area contributed by atoms with Gasteiger partial charge >= 0.3 is 0 Å². The van der Waals surface area contributed by atoms with Crippen LogP contribution in [0.25, 0.3) is 72.4 Å². The number of nitrogens with zero attached hydrogens (tertiary/aromatic N) is 4. The predicted molar refractivity (Wildman–Crippen MR) is 269 cm³/mol. The van der Waals surface area contributed by atoms with Crippen molar-refractivity contribution in [2.24, 2.45) is 0 Å². The zero-order chi connectivity index (χ0) is 43.3. The lowest BCUT2D eigenvalue weighted by Gasteiger charge is -2.31. The summed E-state index contributed by atoms with van der Waals surface area (Å²) in [6.07, 6.45) is 4.17. The number of rotatable bonds is 9. The number of aryl methyl sites for hydroxylation is 1. The molecule has 0 unspecified atom stereocenters. The van der Waals surface area contributed by atoms with Gasteiger partial charge in [0.1, 0.15) is 0 Å². The molecular formula is C60H43FN4. The molecule has 11 aromatic rings. The van der Waals surface area contributed by atoms with Crippen molar-refractivity contribution in [3.05, 3.63) is 247 Å². The first kappa shape index (κ1) is 38.3. The van der Waals surface area contributed by atoms with Crippen LogP contribution >= 0.6 is 0 Å². The molecule has 12 rings (SSSR count). The smallest absolute Gasteiger partial charge is 0.0831 e. The lowest BCUT2D eigenvalue weighted by Crippen LogP contribution is -2.19. The van der Waals surface area contributed by atoms with E-state index < -0.39 is 0 Å². The van der Waals surface area contributed by atoms with Gasteiger partial charge in [-0.1, -0.05) is 156 Å². The molecule has 0 radical (unpaired) electrons. The van der Waals surface area contributed by atoms with Crippen LogP contribution in [0.3, 0.4) is 0 Å². The van der Waals surface area contributed by atoms with Crippen molar-refractivity contribution in [1.82, 2.24) is 9.13 Å². The molecule has 0 saturated heterocycles. The molecule has 0 spiro atoms. The first-order valence-electron chi connectivity index (χ1n) is 22.3. The number of para-hydroxylation sites is 5. The molecule has 5 heteroatoms. The topological polar surface area (TPSA) is 16.3 Å². The Kier molecular flexibility index (Phi) is 9.45. The fourth-order valence-electron chi connectivity index (χ4n) is 9.93. The van der Waals surface area contributed by atoms with Gasteiger partial charge in [0, 0.05) is 50.2 Å². The number of aromatic nitrogens is 2. The van der Waals surface area contributed by atoms with Crippen LogP contribution in [0.5, 0.6) is 0 Å². The largest absolute Gasteiger partial charge is 0.314 e. The lowest BCUT2D eigenvalue weighted by atomic mass is 9.96. The van der Waals surface area contributed by atoms with Crippen LogP contribution < -0.4 is 10.0 Å². The van der Waals surface area contributed by atoms with Gasteiger partial charge in [0.15, 0.2) is 0 Å². The summed E-state index contributed by atoms with van der Waals surface area (Å²) >= 11 is 0. The minimum Gasteiger partial charge on any atom is -0.314 e. The standard InChI is InChI=1S/C60H43FN4/c61-65(48-23-11-4-12-24-48)60-39-44(31-36-51(60)43-17-5-1-6-18-43)42-29-32-47(33-30-42)62(49-34-37-54-52-25-13-15-27-56(52)63(58(54)40-49)45-19-7-2-8-20-45)50-35-38-55-53-26-14-16-28-57(53)64(59(55)41-50)46-21-9-3-10-22-46/h1-34,36-37,39-41H,35,38H2. The number of anilines is 4. The Morgan fingerprint density at radius 1 is 0.385 bits per heavy atom. The number of hydrogen-bond donors (Lipinski definition) is 0. The molecule has 0 bridgehead atoms. The van der Waals surface area contributed by atoms with Gasteiger partial charge < -0.3 is 14.0 Å². The van der Waals surface area contributed by atoms with Crippen LogP contribution in [-0.4, -0.2) is 9.13 Å². The van der Waals surface area contributed by atoms with Gasteiger partial charge in [0.2, 0.25) is 0 Å². The van der Waals surface area contributed by atoms with E-state index in [1.165, 1.54) is 44.1 Å². The number of benzene rings is 9. The Labute approximate surface area is 377 Å². The molecular weight excluding hydrogens is 796 g/mol. The van der Waals surface area contributed by atoms with Crippen molar-refractivity contribution < 1.29 is 4.48 Å². The van der Waals surface area contributed by atoms with Crippen LogP contribution in [0.2, 0.25) is 0 Å². The Hall–Kier alpha value is -8.41. The fraction of sp³-hybridized carbons (Fsp3) is 0.0333. The summed E-state index contributed by atoms with van der Waals surface area (Å²) in [5, 5.41) is 4.52. The Morgan fingerprint density at radius 2 is 0.938 bits per heavy atom. The van der Waals surface area contributed by atoms with E-state index in [2.05, 4.69) is 178 Å². The molecule has 0 N–H and O–H groups in total. The van der Waals surface area contributed by atoms with Crippen LogP contribution in [0.4, 0.5) is 27.2 Å². The first-order valence-corrected chi connectivity index (χ1v) is 22.3. The predicted octanol–water partition coefficient (Wildman–Crippen LogP) is 16.2. The van der Waals surface area contributed by atoms with Gasteiger partial charge in [-0.25, -0.2) is 0 Å². The molecule has 0 aliphatic heterocycles. The summed E-state index contributed by atoms with van der Waals surface area (Å²) in [7, 11) is 0. The molecule has 0 saturated carbocycles. The quantitative estimate of drug-likeness (QED) is 0.135. The average molecular weight is 839 g/mol. The van der Waals surface area contributed by atoms with Gasteiger partial charge in [-0.05, 0) is 120 Å². The van der Waals surface area contributed by atoms with Gasteiger partial charge in [-0.15, -0.1) is 0 Å². The van der Waals surface area contributed by atoms with Crippen LogP contribution in [-0.2, 0) is 6.42 Å². The van der Waals surface area contributed by atoms with Crippen molar-refractivity contribution in [2.75, 3.05) is 10.0 Å². The maximum absolute atomic E-state index is 16.5. The summed E-state index contributed by atoms with van der Waals surface area (Å²) < 4.78 is 21.3. The molecule has 65 heavy (non-hydrogen) atoms. The molecule has 4 nitrogen and oxygen atoms in total. The van der Waals surface area contributed by atoms with Gasteiger partial charge in [0.25, 0.3) is 0 Å². The van der Waals surface area contributed by atoms with E-state index in [-0.39, 0.29) is 0 Å². The molecule has 1 aliphatic carbocycles. The number of allylic oxidation sites excluding steroid dienone is 1. The third kappa shape index (κ3) is 6.68. The third-order valence-electron chi connectivity index (χ3n) is 12.9. The highest BCUT2D eigenvalue weighted by Gasteiger charge is 2.26. The maximum atomic E-state index is 16.5. The van der Waals surface area contributed by atoms with Crippen molar-refractivity contribution >= 4 is 61.5 Å². The molecule has 0 atom stereocenters.